The highest BCUT2D eigenvalue weighted by Gasteiger charge is 2.17. The maximum absolute atomic E-state index is 11.9. The topological polar surface area (TPSA) is 108 Å². The van der Waals surface area contributed by atoms with Gasteiger partial charge in [0, 0.05) is 6.07 Å². The Morgan fingerprint density at radius 3 is 2.48 bits per heavy atom. The molecule has 1 amide bonds. The predicted molar refractivity (Wildman–Crippen MR) is 99.1 cm³/mol. The van der Waals surface area contributed by atoms with E-state index in [1.54, 1.807) is 31.2 Å². The SMILES string of the molecule is Cc1ccc(Cl)c(OCC(=O)OCC(=O)Nc2ccc(C)cc2[N+](=O)[O-])c1. The van der Waals surface area contributed by atoms with Crippen molar-refractivity contribution in [3.63, 3.8) is 0 Å². The van der Waals surface area contributed by atoms with Crippen LogP contribution in [-0.2, 0) is 14.3 Å². The van der Waals surface area contributed by atoms with Gasteiger partial charge in [-0.1, -0.05) is 23.7 Å². The van der Waals surface area contributed by atoms with Crippen molar-refractivity contribution in [3.8, 4) is 5.75 Å². The summed E-state index contributed by atoms with van der Waals surface area (Å²) in [5, 5.41) is 13.7. The van der Waals surface area contributed by atoms with Gasteiger partial charge >= 0.3 is 5.97 Å². The van der Waals surface area contributed by atoms with Crippen LogP contribution in [0.15, 0.2) is 36.4 Å². The van der Waals surface area contributed by atoms with Gasteiger partial charge < -0.3 is 14.8 Å². The number of amides is 1. The van der Waals surface area contributed by atoms with Gasteiger partial charge in [-0.2, -0.15) is 0 Å². The van der Waals surface area contributed by atoms with Gasteiger partial charge in [0.1, 0.15) is 11.4 Å². The number of carbonyl (C=O) groups excluding carboxylic acids is 2. The lowest BCUT2D eigenvalue weighted by atomic mass is 10.2. The summed E-state index contributed by atoms with van der Waals surface area (Å²) in [7, 11) is 0. The van der Waals surface area contributed by atoms with E-state index in [0.29, 0.717) is 16.3 Å². The highest BCUT2D eigenvalue weighted by atomic mass is 35.5. The molecule has 8 nitrogen and oxygen atoms in total. The number of aryl methyl sites for hydroxylation is 2. The van der Waals surface area contributed by atoms with Gasteiger partial charge in [0.2, 0.25) is 0 Å². The Hall–Kier alpha value is -3.13. The quantitative estimate of drug-likeness (QED) is 0.439. The minimum absolute atomic E-state index is 0.0226. The van der Waals surface area contributed by atoms with E-state index in [1.165, 1.54) is 12.1 Å². The van der Waals surface area contributed by atoms with E-state index in [4.69, 9.17) is 21.1 Å². The Balaban J connectivity index is 1.86. The normalized spacial score (nSPS) is 10.2. The Kier molecular flexibility index (Phi) is 6.73. The molecule has 0 radical (unpaired) electrons. The highest BCUT2D eigenvalue weighted by Crippen LogP contribution is 2.26. The Bertz CT molecular complexity index is 884. The molecule has 2 rings (SSSR count). The van der Waals surface area contributed by atoms with Crippen LogP contribution in [0.4, 0.5) is 11.4 Å². The smallest absolute Gasteiger partial charge is 0.344 e. The summed E-state index contributed by atoms with van der Waals surface area (Å²) in [6.07, 6.45) is 0. The van der Waals surface area contributed by atoms with Crippen molar-refractivity contribution < 1.29 is 24.0 Å². The Morgan fingerprint density at radius 2 is 1.78 bits per heavy atom. The van der Waals surface area contributed by atoms with Crippen LogP contribution in [0.3, 0.4) is 0 Å². The number of esters is 1. The number of rotatable bonds is 7. The van der Waals surface area contributed by atoms with Gasteiger partial charge in [-0.25, -0.2) is 4.79 Å². The van der Waals surface area contributed by atoms with Crippen LogP contribution in [-0.4, -0.2) is 30.0 Å². The second kappa shape index (κ2) is 9.00. The summed E-state index contributed by atoms with van der Waals surface area (Å²) in [4.78, 5) is 34.0. The first kappa shape index (κ1) is 20.2. The molecule has 0 aromatic heterocycles. The lowest BCUT2D eigenvalue weighted by Gasteiger charge is -2.09. The van der Waals surface area contributed by atoms with Crippen LogP contribution < -0.4 is 10.1 Å². The maximum atomic E-state index is 11.9. The molecule has 0 unspecified atom stereocenters. The number of halogens is 1. The van der Waals surface area contributed by atoms with Crippen molar-refractivity contribution in [2.75, 3.05) is 18.5 Å². The third kappa shape index (κ3) is 5.96. The van der Waals surface area contributed by atoms with E-state index in [0.717, 1.165) is 5.56 Å². The van der Waals surface area contributed by atoms with E-state index in [9.17, 15) is 19.7 Å². The molecule has 0 spiro atoms. The Labute approximate surface area is 160 Å². The molecule has 0 fully saturated rings. The monoisotopic (exact) mass is 392 g/mol. The lowest BCUT2D eigenvalue weighted by molar-refractivity contribution is -0.384. The van der Waals surface area contributed by atoms with E-state index >= 15 is 0 Å². The second-order valence-electron chi connectivity index (χ2n) is 5.71. The third-order valence-electron chi connectivity index (χ3n) is 3.42. The van der Waals surface area contributed by atoms with Gasteiger partial charge in [-0.05, 0) is 43.2 Å². The summed E-state index contributed by atoms with van der Waals surface area (Å²) in [6, 6.07) is 9.46. The van der Waals surface area contributed by atoms with Crippen molar-refractivity contribution in [1.82, 2.24) is 0 Å². The summed E-state index contributed by atoms with van der Waals surface area (Å²) >= 11 is 5.95. The van der Waals surface area contributed by atoms with Gasteiger partial charge in [0.25, 0.3) is 11.6 Å². The van der Waals surface area contributed by atoms with Crippen LogP contribution in [0, 0.1) is 24.0 Å². The molecule has 0 aliphatic rings. The summed E-state index contributed by atoms with van der Waals surface area (Å²) in [6.45, 7) is 2.51. The van der Waals surface area contributed by atoms with Crippen molar-refractivity contribution in [3.05, 3.63) is 62.7 Å². The Morgan fingerprint density at radius 1 is 1.11 bits per heavy atom. The molecule has 0 aliphatic heterocycles. The van der Waals surface area contributed by atoms with Crippen LogP contribution in [0.2, 0.25) is 5.02 Å². The number of nitrogens with one attached hydrogen (secondary N) is 1. The fourth-order valence-corrected chi connectivity index (χ4v) is 2.30. The zero-order chi connectivity index (χ0) is 20.0. The number of anilines is 1. The lowest BCUT2D eigenvalue weighted by Crippen LogP contribution is -2.24. The van der Waals surface area contributed by atoms with E-state index in [-0.39, 0.29) is 11.4 Å². The van der Waals surface area contributed by atoms with Crippen molar-refractivity contribution >= 4 is 34.9 Å². The molecule has 0 saturated carbocycles. The second-order valence-corrected chi connectivity index (χ2v) is 6.12. The molecule has 9 heteroatoms. The molecule has 0 atom stereocenters. The molecular formula is C18H17ClN2O6. The minimum atomic E-state index is -0.777. The molecule has 0 aliphatic carbocycles. The molecule has 1 N–H and O–H groups in total. The number of hydrogen-bond acceptors (Lipinski definition) is 6. The number of ether oxygens (including phenoxy) is 2. The van der Waals surface area contributed by atoms with Gasteiger partial charge in [-0.15, -0.1) is 0 Å². The average Bonchev–Trinajstić information content (AvgIpc) is 2.62. The molecule has 0 saturated heterocycles. The molecule has 0 bridgehead atoms. The van der Waals surface area contributed by atoms with Crippen LogP contribution in [0.1, 0.15) is 11.1 Å². The molecule has 2 aromatic rings. The van der Waals surface area contributed by atoms with Gasteiger partial charge in [0.15, 0.2) is 13.2 Å². The van der Waals surface area contributed by atoms with Crippen LogP contribution >= 0.6 is 11.6 Å². The average molecular weight is 393 g/mol. The molecule has 142 valence electrons. The number of nitro benzene ring substituents is 1. The standard InChI is InChI=1S/C18H17ClN2O6/c1-11-4-6-14(15(7-11)21(24)25)20-17(22)9-27-18(23)10-26-16-8-12(2)3-5-13(16)19/h3-8H,9-10H2,1-2H3,(H,20,22). The number of nitro groups is 1. The highest BCUT2D eigenvalue weighted by molar-refractivity contribution is 6.32. The van der Waals surface area contributed by atoms with Crippen molar-refractivity contribution in [2.24, 2.45) is 0 Å². The zero-order valence-electron chi connectivity index (χ0n) is 14.7. The fraction of sp³-hybridized carbons (Fsp3) is 0.222. The number of nitrogens with zero attached hydrogens (tertiary/aromatic N) is 1. The van der Waals surface area contributed by atoms with E-state index in [1.807, 2.05) is 6.92 Å². The van der Waals surface area contributed by atoms with Crippen molar-refractivity contribution in [1.29, 1.82) is 0 Å². The molecule has 27 heavy (non-hydrogen) atoms. The summed E-state index contributed by atoms with van der Waals surface area (Å²) in [5.41, 5.74) is 1.36. The first-order chi connectivity index (χ1) is 12.8. The van der Waals surface area contributed by atoms with Crippen LogP contribution in [0.5, 0.6) is 5.75 Å². The van der Waals surface area contributed by atoms with Gasteiger partial charge in [0.05, 0.1) is 9.95 Å². The predicted octanol–water partition coefficient (Wildman–Crippen LogP) is 3.43. The molecule has 2 aromatic carbocycles. The third-order valence-corrected chi connectivity index (χ3v) is 3.73. The number of benzene rings is 2. The summed E-state index contributed by atoms with van der Waals surface area (Å²) in [5.74, 6) is -1.15. The molecular weight excluding hydrogens is 376 g/mol. The first-order valence-electron chi connectivity index (χ1n) is 7.85. The van der Waals surface area contributed by atoms with Crippen LogP contribution in [0.25, 0.3) is 0 Å². The first-order valence-corrected chi connectivity index (χ1v) is 8.23. The van der Waals surface area contributed by atoms with E-state index in [2.05, 4.69) is 5.32 Å². The summed E-state index contributed by atoms with van der Waals surface area (Å²) < 4.78 is 10.1. The molecule has 0 heterocycles. The zero-order valence-corrected chi connectivity index (χ0v) is 15.4. The number of carbonyl (C=O) groups is 2. The fourth-order valence-electron chi connectivity index (χ4n) is 2.13. The van der Waals surface area contributed by atoms with Crippen molar-refractivity contribution in [2.45, 2.75) is 13.8 Å². The van der Waals surface area contributed by atoms with Gasteiger partial charge in [-0.3, -0.25) is 14.9 Å². The minimum Gasteiger partial charge on any atom is -0.480 e. The van der Waals surface area contributed by atoms with E-state index < -0.39 is 30.0 Å². The largest absolute Gasteiger partial charge is 0.480 e. The number of hydrogen-bond donors (Lipinski definition) is 1. The maximum Gasteiger partial charge on any atom is 0.344 e.